The predicted octanol–water partition coefficient (Wildman–Crippen LogP) is 4.92. The van der Waals surface area contributed by atoms with Crippen molar-refractivity contribution in [2.45, 2.75) is 24.6 Å². The second-order valence-corrected chi connectivity index (χ2v) is 8.08. The molecule has 0 bridgehead atoms. The fourth-order valence-corrected chi connectivity index (χ4v) is 4.21. The Balaban J connectivity index is 1.80. The van der Waals surface area contributed by atoms with E-state index in [0.717, 1.165) is 6.07 Å². The van der Waals surface area contributed by atoms with Crippen LogP contribution >= 0.6 is 0 Å². The summed E-state index contributed by atoms with van der Waals surface area (Å²) in [5, 5.41) is 11.9. The van der Waals surface area contributed by atoms with E-state index in [1.807, 2.05) is 0 Å². The molecule has 2 N–H and O–H groups in total. The van der Waals surface area contributed by atoms with Crippen LogP contribution in [0.25, 0.3) is 0 Å². The summed E-state index contributed by atoms with van der Waals surface area (Å²) in [5.74, 6) is -3.83. The van der Waals surface area contributed by atoms with Crippen LogP contribution in [0.2, 0.25) is 0 Å². The molecule has 1 amide bonds. The van der Waals surface area contributed by atoms with Gasteiger partial charge in [0.25, 0.3) is 5.91 Å². The number of aromatic carboxylic acids is 1. The fraction of sp³-hybridized carbons (Fsp3) is 0.192. The van der Waals surface area contributed by atoms with Gasteiger partial charge in [-0.25, -0.2) is 9.59 Å². The second kappa shape index (κ2) is 9.73. The van der Waals surface area contributed by atoms with Crippen LogP contribution in [0.15, 0.2) is 66.7 Å². The molecule has 10 heteroatoms. The zero-order chi connectivity index (χ0) is 26.0. The highest BCUT2D eigenvalue weighted by molar-refractivity contribution is 6.04. The summed E-state index contributed by atoms with van der Waals surface area (Å²) in [4.78, 5) is 37.8. The van der Waals surface area contributed by atoms with E-state index in [1.54, 1.807) is 24.3 Å². The normalized spacial score (nSPS) is 17.4. The number of anilines is 1. The maximum atomic E-state index is 13.8. The van der Waals surface area contributed by atoms with Crippen LogP contribution < -0.4 is 10.1 Å². The quantitative estimate of drug-likeness (QED) is 0.484. The minimum absolute atomic E-state index is 0.0437. The third-order valence-electron chi connectivity index (χ3n) is 5.94. The Labute approximate surface area is 203 Å². The molecule has 0 fully saturated rings. The summed E-state index contributed by atoms with van der Waals surface area (Å²) < 4.78 is 52.1. The van der Waals surface area contributed by atoms with Gasteiger partial charge in [0.1, 0.15) is 5.75 Å². The monoisotopic (exact) mass is 499 g/mol. The van der Waals surface area contributed by atoms with Crippen LogP contribution in [-0.4, -0.2) is 36.2 Å². The van der Waals surface area contributed by atoms with Crippen molar-refractivity contribution in [3.05, 3.63) is 94.5 Å². The number of fused-ring (bicyclic) bond motifs is 1. The first-order valence-electron chi connectivity index (χ1n) is 10.8. The SMILES string of the molecule is COc1ccc([C@@H]2Cc3c(cccc3C(F)(F)F)NC(=O)[C@@H]2OC(=O)c2ccccc2C(=O)O)cc1. The number of carboxylic acid groups (broad SMARTS) is 1. The molecule has 2 atom stereocenters. The molecule has 3 aromatic carbocycles. The van der Waals surface area contributed by atoms with Crippen molar-refractivity contribution in [1.82, 2.24) is 0 Å². The van der Waals surface area contributed by atoms with Crippen LogP contribution in [0.3, 0.4) is 0 Å². The molecule has 0 unspecified atom stereocenters. The lowest BCUT2D eigenvalue weighted by Gasteiger charge is -2.25. The van der Waals surface area contributed by atoms with E-state index in [4.69, 9.17) is 9.47 Å². The fourth-order valence-electron chi connectivity index (χ4n) is 4.21. The third-order valence-corrected chi connectivity index (χ3v) is 5.94. The maximum Gasteiger partial charge on any atom is 0.416 e. The molecule has 0 aliphatic carbocycles. The molecule has 0 saturated heterocycles. The van der Waals surface area contributed by atoms with Gasteiger partial charge in [0, 0.05) is 11.6 Å². The third kappa shape index (κ3) is 4.88. The summed E-state index contributed by atoms with van der Waals surface area (Å²) in [6, 6.07) is 15.0. The highest BCUT2D eigenvalue weighted by Crippen LogP contribution is 2.41. The topological polar surface area (TPSA) is 102 Å². The summed E-state index contributed by atoms with van der Waals surface area (Å²) in [5.41, 5.74) is -1.30. The molecule has 4 rings (SSSR count). The molecule has 0 radical (unpaired) electrons. The summed E-state index contributed by atoms with van der Waals surface area (Å²) >= 11 is 0. The van der Waals surface area contributed by atoms with E-state index in [9.17, 15) is 32.7 Å². The molecule has 0 saturated carbocycles. The number of alkyl halides is 3. The van der Waals surface area contributed by atoms with Gasteiger partial charge < -0.3 is 19.9 Å². The van der Waals surface area contributed by atoms with E-state index in [1.165, 1.54) is 43.5 Å². The Morgan fingerprint density at radius 2 is 1.64 bits per heavy atom. The van der Waals surface area contributed by atoms with Gasteiger partial charge in [-0.15, -0.1) is 0 Å². The number of ether oxygens (including phenoxy) is 2. The molecule has 1 heterocycles. The van der Waals surface area contributed by atoms with E-state index < -0.39 is 41.6 Å². The second-order valence-electron chi connectivity index (χ2n) is 8.08. The first-order chi connectivity index (χ1) is 17.1. The number of rotatable bonds is 5. The molecule has 7 nitrogen and oxygen atoms in total. The number of nitrogens with one attached hydrogen (secondary N) is 1. The molecule has 1 aliphatic rings. The van der Waals surface area contributed by atoms with Gasteiger partial charge in [-0.2, -0.15) is 13.2 Å². The summed E-state index contributed by atoms with van der Waals surface area (Å²) in [7, 11) is 1.45. The average molecular weight is 499 g/mol. The van der Waals surface area contributed by atoms with E-state index in [-0.39, 0.29) is 28.8 Å². The van der Waals surface area contributed by atoms with Crippen molar-refractivity contribution in [2.24, 2.45) is 0 Å². The van der Waals surface area contributed by atoms with Gasteiger partial charge in [0.2, 0.25) is 0 Å². The average Bonchev–Trinajstić information content (AvgIpc) is 2.99. The Morgan fingerprint density at radius 1 is 0.972 bits per heavy atom. The van der Waals surface area contributed by atoms with Crippen molar-refractivity contribution in [2.75, 3.05) is 12.4 Å². The molecule has 0 spiro atoms. The number of hydrogen-bond donors (Lipinski definition) is 2. The number of carbonyl (C=O) groups excluding carboxylic acids is 2. The minimum atomic E-state index is -4.68. The molecular formula is C26H20F3NO6. The van der Waals surface area contributed by atoms with Crippen LogP contribution in [0, 0.1) is 0 Å². The van der Waals surface area contributed by atoms with Gasteiger partial charge in [0.15, 0.2) is 6.10 Å². The molecule has 3 aromatic rings. The molecular weight excluding hydrogens is 479 g/mol. The number of methoxy groups -OCH3 is 1. The zero-order valence-electron chi connectivity index (χ0n) is 18.8. The number of halogens is 3. The highest BCUT2D eigenvalue weighted by atomic mass is 19.4. The lowest BCUT2D eigenvalue weighted by Crippen LogP contribution is -2.37. The van der Waals surface area contributed by atoms with E-state index in [2.05, 4.69) is 5.32 Å². The van der Waals surface area contributed by atoms with Crippen molar-refractivity contribution >= 4 is 23.5 Å². The van der Waals surface area contributed by atoms with Crippen LogP contribution in [0.5, 0.6) is 5.75 Å². The Bertz CT molecular complexity index is 1320. The zero-order valence-corrected chi connectivity index (χ0v) is 18.8. The van der Waals surface area contributed by atoms with E-state index >= 15 is 0 Å². The van der Waals surface area contributed by atoms with Gasteiger partial charge in [-0.1, -0.05) is 30.3 Å². The van der Waals surface area contributed by atoms with Gasteiger partial charge in [0.05, 0.1) is 23.8 Å². The lowest BCUT2D eigenvalue weighted by molar-refractivity contribution is -0.138. The molecule has 186 valence electrons. The van der Waals surface area contributed by atoms with Crippen molar-refractivity contribution in [1.29, 1.82) is 0 Å². The molecule has 1 aliphatic heterocycles. The number of esters is 1. The van der Waals surface area contributed by atoms with Crippen LogP contribution in [-0.2, 0) is 22.1 Å². The van der Waals surface area contributed by atoms with Gasteiger partial charge in [-0.3, -0.25) is 4.79 Å². The van der Waals surface area contributed by atoms with Crippen LogP contribution in [0.1, 0.15) is 43.3 Å². The standard InChI is InChI=1S/C26H20F3NO6/c1-35-15-11-9-14(10-12-15)18-13-19-20(26(27,28)29)7-4-8-21(19)30-23(31)22(18)36-25(34)17-6-3-2-5-16(17)24(32)33/h2-12,18,22H,13H2,1H3,(H,30,31)(H,32,33)/t18-,22+/m0/s1. The molecule has 0 aromatic heterocycles. The molecule has 36 heavy (non-hydrogen) atoms. The Kier molecular flexibility index (Phi) is 6.69. The predicted molar refractivity (Wildman–Crippen MR) is 122 cm³/mol. The van der Waals surface area contributed by atoms with Gasteiger partial charge in [-0.05, 0) is 53.9 Å². The number of carbonyl (C=O) groups is 3. The maximum absolute atomic E-state index is 13.8. The largest absolute Gasteiger partial charge is 0.497 e. The Hall–Kier alpha value is -4.34. The smallest absolute Gasteiger partial charge is 0.416 e. The lowest BCUT2D eigenvalue weighted by atomic mass is 9.86. The number of amides is 1. The highest BCUT2D eigenvalue weighted by Gasteiger charge is 2.41. The Morgan fingerprint density at radius 3 is 2.25 bits per heavy atom. The number of hydrogen-bond acceptors (Lipinski definition) is 5. The van der Waals surface area contributed by atoms with Crippen molar-refractivity contribution in [3.63, 3.8) is 0 Å². The van der Waals surface area contributed by atoms with Crippen molar-refractivity contribution in [3.8, 4) is 5.75 Å². The minimum Gasteiger partial charge on any atom is -0.497 e. The van der Waals surface area contributed by atoms with E-state index in [0.29, 0.717) is 11.3 Å². The number of carboxylic acids is 1. The van der Waals surface area contributed by atoms with Crippen molar-refractivity contribution < 1.29 is 42.1 Å². The van der Waals surface area contributed by atoms with Gasteiger partial charge >= 0.3 is 18.1 Å². The summed E-state index contributed by atoms with van der Waals surface area (Å²) in [6.07, 6.45) is -6.52. The van der Waals surface area contributed by atoms with Crippen LogP contribution in [0.4, 0.5) is 18.9 Å². The first kappa shape index (κ1) is 24.8. The number of benzene rings is 3. The first-order valence-corrected chi connectivity index (χ1v) is 10.8. The summed E-state index contributed by atoms with van der Waals surface area (Å²) in [6.45, 7) is 0.